The summed E-state index contributed by atoms with van der Waals surface area (Å²) in [5.41, 5.74) is 0. The third kappa shape index (κ3) is 13.9. The molecule has 0 fully saturated rings. The maximum absolute atomic E-state index is 5.84. The van der Waals surface area contributed by atoms with Gasteiger partial charge in [0.1, 0.15) is 20.9 Å². The van der Waals surface area contributed by atoms with Crippen molar-refractivity contribution in [2.45, 2.75) is 39.5 Å². The molecule has 0 aliphatic heterocycles. The van der Waals surface area contributed by atoms with E-state index < -0.39 is 12.2 Å². The Morgan fingerprint density at radius 3 is 1.28 bits per heavy atom. The molecule has 10 heteroatoms. The van der Waals surface area contributed by atoms with Crippen molar-refractivity contribution >= 4 is 68.9 Å². The molecule has 36 heavy (non-hydrogen) atoms. The number of rotatable bonds is 15. The van der Waals surface area contributed by atoms with E-state index in [-0.39, 0.29) is 0 Å². The molecule has 0 radical (unpaired) electrons. The molecule has 0 aliphatic carbocycles. The van der Waals surface area contributed by atoms with Gasteiger partial charge < -0.3 is 13.6 Å². The molecular weight excluding hydrogens is 583 g/mol. The van der Waals surface area contributed by atoms with Gasteiger partial charge in [0.2, 0.25) is 0 Å². The van der Waals surface area contributed by atoms with Crippen molar-refractivity contribution in [2.75, 3.05) is 11.5 Å². The van der Waals surface area contributed by atoms with E-state index >= 15 is 0 Å². The lowest BCUT2D eigenvalue weighted by molar-refractivity contribution is 0.388. The van der Waals surface area contributed by atoms with E-state index in [4.69, 9.17) is 25.4 Å². The molecule has 0 amide bonds. The maximum Gasteiger partial charge on any atom is 0.530 e. The average molecular weight is 617 g/mol. The van der Waals surface area contributed by atoms with Gasteiger partial charge in [-0.2, -0.15) is 0 Å². The first kappa shape index (κ1) is 31.8. The minimum atomic E-state index is -1.59. The summed E-state index contributed by atoms with van der Waals surface area (Å²) in [5.74, 6) is 4.54. The normalized spacial score (nSPS) is 10.9. The molecule has 0 aromatic heterocycles. The fourth-order valence-corrected chi connectivity index (χ4v) is 15.6. The van der Waals surface area contributed by atoms with Gasteiger partial charge in [-0.05, 0) is 71.2 Å². The van der Waals surface area contributed by atoms with E-state index in [1.165, 1.54) is 37.2 Å². The second-order valence-electron chi connectivity index (χ2n) is 7.34. The van der Waals surface area contributed by atoms with Crippen LogP contribution in [0.3, 0.4) is 0 Å². The van der Waals surface area contributed by atoms with Crippen LogP contribution in [0.2, 0.25) is 0 Å². The summed E-state index contributed by atoms with van der Waals surface area (Å²) < 4.78 is 16.2. The maximum atomic E-state index is 5.84. The highest BCUT2D eigenvalue weighted by Crippen LogP contribution is 2.79. The zero-order valence-corrected chi connectivity index (χ0v) is 26.6. The Morgan fingerprint density at radius 1 is 0.667 bits per heavy atom. The number of para-hydroxylation sites is 3. The first-order chi connectivity index (χ1) is 17.6. The number of thiol groups is 1. The average Bonchev–Trinajstić information content (AvgIpc) is 2.91. The number of hydrogen-bond donors (Lipinski definition) is 1. The van der Waals surface area contributed by atoms with Gasteiger partial charge in [-0.1, -0.05) is 93.1 Å². The summed E-state index contributed by atoms with van der Waals surface area (Å²) in [5, 5.41) is 0. The summed E-state index contributed by atoms with van der Waals surface area (Å²) in [4.78, 5) is 0. The Morgan fingerprint density at radius 2 is 1.00 bits per heavy atom. The SMILES string of the molecule is CCCCSP(=S)(SS)SCCCC.c1ccc(OP(Oc2ccccc2)Oc2ccccc2)cc1. The Kier molecular flexibility index (Phi) is 17.3. The standard InChI is InChI=1S/C18H15O3P.C8H19PS5/c1-4-10-16(11-5-1)19-22(20-17-12-6-2-7-13-17)21-18-14-8-3-9-15-18;1-3-5-7-12-9(10,14-11)13-8-6-4-2/h1-15H;11H,3-8H2,1-2H3. The number of hydrogen-bond acceptors (Lipinski definition) is 8. The Labute approximate surface area is 240 Å². The second-order valence-corrected chi connectivity index (χ2v) is 25.0. The van der Waals surface area contributed by atoms with Crippen LogP contribution in [0.5, 0.6) is 17.2 Å². The first-order valence-corrected chi connectivity index (χ1v) is 21.3. The van der Waals surface area contributed by atoms with Crippen LogP contribution < -0.4 is 13.6 Å². The molecule has 0 N–H and O–H groups in total. The van der Waals surface area contributed by atoms with Gasteiger partial charge in [0.25, 0.3) is 0 Å². The molecule has 3 rings (SSSR count). The van der Waals surface area contributed by atoms with Crippen LogP contribution in [-0.2, 0) is 11.8 Å². The molecule has 0 heterocycles. The van der Waals surface area contributed by atoms with Crippen molar-refractivity contribution < 1.29 is 13.6 Å². The van der Waals surface area contributed by atoms with Gasteiger partial charge >= 0.3 is 8.60 Å². The van der Waals surface area contributed by atoms with E-state index in [1.807, 2.05) is 114 Å². The number of benzene rings is 3. The van der Waals surface area contributed by atoms with Crippen molar-refractivity contribution in [3.63, 3.8) is 0 Å². The number of unbranched alkanes of at least 4 members (excludes halogenated alkanes) is 2. The summed E-state index contributed by atoms with van der Waals surface area (Å²) >= 11 is 13.9. The molecule has 0 saturated heterocycles. The molecule has 3 aromatic carbocycles. The molecule has 0 atom stereocenters. The van der Waals surface area contributed by atoms with E-state index in [0.29, 0.717) is 17.2 Å². The third-order valence-corrected chi connectivity index (χ3v) is 23.7. The summed E-state index contributed by atoms with van der Waals surface area (Å²) in [6.07, 6.45) is 5.09. The van der Waals surface area contributed by atoms with Gasteiger partial charge in [-0.3, -0.25) is 0 Å². The van der Waals surface area contributed by atoms with Gasteiger partial charge in [0.15, 0.2) is 0 Å². The fourth-order valence-electron chi connectivity index (χ4n) is 2.48. The zero-order chi connectivity index (χ0) is 25.9. The van der Waals surface area contributed by atoms with Crippen LogP contribution in [-0.4, -0.2) is 11.5 Å². The molecule has 0 spiro atoms. The molecule has 3 nitrogen and oxygen atoms in total. The van der Waals surface area contributed by atoms with Gasteiger partial charge in [-0.15, -0.1) is 34.4 Å². The van der Waals surface area contributed by atoms with Gasteiger partial charge in [0, 0.05) is 0 Å². The lowest BCUT2D eigenvalue weighted by Gasteiger charge is -2.17. The van der Waals surface area contributed by atoms with E-state index in [0.717, 1.165) is 0 Å². The van der Waals surface area contributed by atoms with Crippen LogP contribution in [0.1, 0.15) is 39.5 Å². The van der Waals surface area contributed by atoms with Crippen molar-refractivity contribution in [3.8, 4) is 17.2 Å². The quantitative estimate of drug-likeness (QED) is 0.0786. The van der Waals surface area contributed by atoms with Crippen LogP contribution in [0.4, 0.5) is 0 Å². The van der Waals surface area contributed by atoms with Crippen molar-refractivity contribution in [3.05, 3.63) is 91.0 Å². The minimum Gasteiger partial charge on any atom is -0.409 e. The second kappa shape index (κ2) is 19.6. The predicted octanol–water partition coefficient (Wildman–Crippen LogP) is 11.3. The first-order valence-electron chi connectivity index (χ1n) is 11.8. The van der Waals surface area contributed by atoms with Crippen LogP contribution >= 0.6 is 57.1 Å². The van der Waals surface area contributed by atoms with Gasteiger partial charge in [-0.25, -0.2) is 0 Å². The molecule has 0 unspecified atom stereocenters. The van der Waals surface area contributed by atoms with Crippen molar-refractivity contribution in [1.29, 1.82) is 0 Å². The third-order valence-electron chi connectivity index (χ3n) is 4.36. The lowest BCUT2D eigenvalue weighted by atomic mass is 10.3. The highest BCUT2D eigenvalue weighted by molar-refractivity contribution is 9.32. The van der Waals surface area contributed by atoms with Crippen LogP contribution in [0, 0.1) is 0 Å². The Hall–Kier alpha value is -0.460. The summed E-state index contributed by atoms with van der Waals surface area (Å²) in [6.45, 7) is 4.45. The molecular formula is C26H34O3P2S5. The molecule has 0 aliphatic rings. The lowest BCUT2D eigenvalue weighted by Crippen LogP contribution is -2.02. The minimum absolute atomic E-state index is 0.709. The van der Waals surface area contributed by atoms with Gasteiger partial charge in [0.05, 0.1) is 0 Å². The molecule has 0 saturated carbocycles. The Bertz CT molecular complexity index is 872. The highest BCUT2D eigenvalue weighted by atomic mass is 33.7. The fraction of sp³-hybridized carbons (Fsp3) is 0.308. The smallest absolute Gasteiger partial charge is 0.409 e. The Balaban J connectivity index is 0.000000284. The zero-order valence-electron chi connectivity index (χ0n) is 20.6. The van der Waals surface area contributed by atoms with Crippen LogP contribution in [0.15, 0.2) is 91.0 Å². The molecule has 0 bridgehead atoms. The summed E-state index contributed by atoms with van der Waals surface area (Å²) in [7, 11) is 0.0299. The summed E-state index contributed by atoms with van der Waals surface area (Å²) in [6, 6.07) is 28.5. The highest BCUT2D eigenvalue weighted by Gasteiger charge is 2.19. The molecule has 196 valence electrons. The van der Waals surface area contributed by atoms with E-state index in [9.17, 15) is 0 Å². The van der Waals surface area contributed by atoms with E-state index in [1.54, 1.807) is 10.4 Å². The van der Waals surface area contributed by atoms with Crippen molar-refractivity contribution in [2.24, 2.45) is 0 Å². The van der Waals surface area contributed by atoms with Crippen LogP contribution in [0.25, 0.3) is 0 Å². The van der Waals surface area contributed by atoms with E-state index in [2.05, 4.69) is 25.5 Å². The monoisotopic (exact) mass is 616 g/mol. The largest absolute Gasteiger partial charge is 0.530 e. The topological polar surface area (TPSA) is 27.7 Å². The molecule has 3 aromatic rings. The van der Waals surface area contributed by atoms with Crippen molar-refractivity contribution in [1.82, 2.24) is 0 Å². The predicted molar refractivity (Wildman–Crippen MR) is 174 cm³/mol.